The van der Waals surface area contributed by atoms with E-state index in [0.29, 0.717) is 6.61 Å². The molecule has 0 amide bonds. The fourth-order valence-electron chi connectivity index (χ4n) is 0.936. The lowest BCUT2D eigenvalue weighted by Crippen LogP contribution is -2.31. The van der Waals surface area contributed by atoms with Crippen molar-refractivity contribution in [1.29, 1.82) is 0 Å². The smallest absolute Gasteiger partial charge is 0.0808 e. The standard InChI is InChI=1S/C6H12O3/c7-3-6-2-1-5(8)4-9-6/h5-8H,1-4H2. The molecule has 1 rings (SSSR count). The van der Waals surface area contributed by atoms with Crippen molar-refractivity contribution in [2.75, 3.05) is 13.2 Å². The largest absolute Gasteiger partial charge is 0.394 e. The zero-order valence-corrected chi connectivity index (χ0v) is 5.29. The fourth-order valence-corrected chi connectivity index (χ4v) is 0.936. The third kappa shape index (κ3) is 1.93. The number of rotatable bonds is 1. The molecule has 0 aromatic carbocycles. The Bertz CT molecular complexity index is 76.4. The molecule has 2 atom stereocenters. The predicted octanol–water partition coefficient (Wildman–Crippen LogP) is -0.481. The molecule has 0 aromatic rings. The van der Waals surface area contributed by atoms with E-state index >= 15 is 0 Å². The first kappa shape index (κ1) is 6.99. The van der Waals surface area contributed by atoms with Gasteiger partial charge in [0.25, 0.3) is 0 Å². The monoisotopic (exact) mass is 132 g/mol. The number of aliphatic hydroxyl groups excluding tert-OH is 2. The Balaban J connectivity index is 2.18. The molecule has 3 nitrogen and oxygen atoms in total. The molecule has 0 aliphatic carbocycles. The van der Waals surface area contributed by atoms with Crippen molar-refractivity contribution in [3.63, 3.8) is 0 Å². The maximum atomic E-state index is 8.92. The molecule has 3 heteroatoms. The zero-order chi connectivity index (χ0) is 6.69. The van der Waals surface area contributed by atoms with E-state index in [0.717, 1.165) is 12.8 Å². The molecule has 54 valence electrons. The summed E-state index contributed by atoms with van der Waals surface area (Å²) in [5.74, 6) is 0. The van der Waals surface area contributed by atoms with Crippen molar-refractivity contribution in [2.24, 2.45) is 0 Å². The molecule has 0 aromatic heterocycles. The first-order chi connectivity index (χ1) is 4.33. The van der Waals surface area contributed by atoms with Gasteiger partial charge in [-0.1, -0.05) is 0 Å². The van der Waals surface area contributed by atoms with Gasteiger partial charge in [0, 0.05) is 0 Å². The summed E-state index contributed by atoms with van der Waals surface area (Å²) in [6.45, 7) is 0.456. The molecule has 1 aliphatic rings. The lowest BCUT2D eigenvalue weighted by molar-refractivity contribution is -0.0733. The second kappa shape index (κ2) is 3.15. The van der Waals surface area contributed by atoms with Crippen LogP contribution >= 0.6 is 0 Å². The van der Waals surface area contributed by atoms with Gasteiger partial charge in [-0.3, -0.25) is 0 Å². The van der Waals surface area contributed by atoms with Crippen LogP contribution in [0.5, 0.6) is 0 Å². The highest BCUT2D eigenvalue weighted by Gasteiger charge is 2.18. The SMILES string of the molecule is OCC1CCC(O)CO1. The third-order valence-corrected chi connectivity index (χ3v) is 1.55. The van der Waals surface area contributed by atoms with Gasteiger partial charge in [0.15, 0.2) is 0 Å². The highest BCUT2D eigenvalue weighted by Crippen LogP contribution is 2.11. The first-order valence-corrected chi connectivity index (χ1v) is 3.23. The van der Waals surface area contributed by atoms with E-state index in [4.69, 9.17) is 14.9 Å². The van der Waals surface area contributed by atoms with Crippen molar-refractivity contribution in [3.8, 4) is 0 Å². The van der Waals surface area contributed by atoms with Gasteiger partial charge in [0.05, 0.1) is 25.4 Å². The minimum Gasteiger partial charge on any atom is -0.394 e. The molecule has 0 bridgehead atoms. The summed E-state index contributed by atoms with van der Waals surface area (Å²) in [6.07, 6.45) is 1.18. The lowest BCUT2D eigenvalue weighted by atomic mass is 10.1. The first-order valence-electron chi connectivity index (χ1n) is 3.23. The van der Waals surface area contributed by atoms with Crippen LogP contribution in [0.3, 0.4) is 0 Å². The predicted molar refractivity (Wildman–Crippen MR) is 32.1 cm³/mol. The van der Waals surface area contributed by atoms with E-state index in [1.54, 1.807) is 0 Å². The Labute approximate surface area is 54.3 Å². The molecule has 1 aliphatic heterocycles. The average Bonchev–Trinajstić information content (AvgIpc) is 1.90. The summed E-state index contributed by atoms with van der Waals surface area (Å²) in [5.41, 5.74) is 0. The summed E-state index contributed by atoms with van der Waals surface area (Å²) in [5, 5.41) is 17.5. The van der Waals surface area contributed by atoms with Crippen LogP contribution in [0.15, 0.2) is 0 Å². The van der Waals surface area contributed by atoms with Gasteiger partial charge < -0.3 is 14.9 Å². The lowest BCUT2D eigenvalue weighted by Gasteiger charge is -2.24. The Morgan fingerprint density at radius 3 is 2.67 bits per heavy atom. The quantitative estimate of drug-likeness (QED) is 0.506. The normalized spacial score (nSPS) is 36.7. The topological polar surface area (TPSA) is 49.7 Å². The number of ether oxygens (including phenoxy) is 1. The Morgan fingerprint density at radius 1 is 1.44 bits per heavy atom. The summed E-state index contributed by atoms with van der Waals surface area (Å²) in [4.78, 5) is 0. The van der Waals surface area contributed by atoms with Crippen LogP contribution in [-0.2, 0) is 4.74 Å². The van der Waals surface area contributed by atoms with E-state index < -0.39 is 0 Å². The van der Waals surface area contributed by atoms with Crippen LogP contribution in [0.1, 0.15) is 12.8 Å². The van der Waals surface area contributed by atoms with Crippen molar-refractivity contribution in [1.82, 2.24) is 0 Å². The van der Waals surface area contributed by atoms with Gasteiger partial charge in [0.2, 0.25) is 0 Å². The van der Waals surface area contributed by atoms with E-state index in [1.807, 2.05) is 0 Å². The molecule has 1 saturated heterocycles. The Hall–Kier alpha value is -0.120. The molecule has 2 unspecified atom stereocenters. The highest BCUT2D eigenvalue weighted by atomic mass is 16.5. The van der Waals surface area contributed by atoms with Gasteiger partial charge in [-0.25, -0.2) is 0 Å². The molecule has 0 saturated carbocycles. The number of hydrogen-bond acceptors (Lipinski definition) is 3. The third-order valence-electron chi connectivity index (χ3n) is 1.55. The molecular formula is C6H12O3. The average molecular weight is 132 g/mol. The maximum Gasteiger partial charge on any atom is 0.0808 e. The molecule has 0 radical (unpaired) electrons. The van der Waals surface area contributed by atoms with Gasteiger partial charge in [-0.15, -0.1) is 0 Å². The second-order valence-electron chi connectivity index (χ2n) is 2.37. The van der Waals surface area contributed by atoms with E-state index in [1.165, 1.54) is 0 Å². The molecule has 1 heterocycles. The Morgan fingerprint density at radius 2 is 2.22 bits per heavy atom. The van der Waals surface area contributed by atoms with Gasteiger partial charge in [0.1, 0.15) is 0 Å². The van der Waals surface area contributed by atoms with Gasteiger partial charge >= 0.3 is 0 Å². The molecule has 9 heavy (non-hydrogen) atoms. The van der Waals surface area contributed by atoms with Crippen LogP contribution in [0.4, 0.5) is 0 Å². The summed E-state index contributed by atoms with van der Waals surface area (Å²) < 4.78 is 5.04. The van der Waals surface area contributed by atoms with Crippen LogP contribution in [0.2, 0.25) is 0 Å². The van der Waals surface area contributed by atoms with Crippen molar-refractivity contribution in [3.05, 3.63) is 0 Å². The van der Waals surface area contributed by atoms with Crippen LogP contribution < -0.4 is 0 Å². The summed E-state index contributed by atoms with van der Waals surface area (Å²) in [6, 6.07) is 0. The molecular weight excluding hydrogens is 120 g/mol. The van der Waals surface area contributed by atoms with Gasteiger partial charge in [-0.05, 0) is 12.8 Å². The summed E-state index contributed by atoms with van der Waals surface area (Å²) >= 11 is 0. The minimum atomic E-state index is -0.312. The van der Waals surface area contributed by atoms with Crippen LogP contribution in [0, 0.1) is 0 Å². The maximum absolute atomic E-state index is 8.92. The minimum absolute atomic E-state index is 0.0339. The summed E-state index contributed by atoms with van der Waals surface area (Å²) in [7, 11) is 0. The van der Waals surface area contributed by atoms with Crippen molar-refractivity contribution in [2.45, 2.75) is 25.0 Å². The number of aliphatic hydroxyl groups is 2. The van der Waals surface area contributed by atoms with E-state index in [9.17, 15) is 0 Å². The van der Waals surface area contributed by atoms with E-state index in [2.05, 4.69) is 0 Å². The number of hydrogen-bond donors (Lipinski definition) is 2. The molecule has 0 spiro atoms. The van der Waals surface area contributed by atoms with Crippen LogP contribution in [-0.4, -0.2) is 35.6 Å². The Kier molecular flexibility index (Phi) is 2.45. The van der Waals surface area contributed by atoms with Crippen molar-refractivity contribution < 1.29 is 14.9 Å². The van der Waals surface area contributed by atoms with Crippen molar-refractivity contribution >= 4 is 0 Å². The second-order valence-corrected chi connectivity index (χ2v) is 2.37. The van der Waals surface area contributed by atoms with Crippen LogP contribution in [0.25, 0.3) is 0 Å². The molecule has 2 N–H and O–H groups in total. The molecule has 1 fully saturated rings. The highest BCUT2D eigenvalue weighted by molar-refractivity contribution is 4.67. The van der Waals surface area contributed by atoms with E-state index in [-0.39, 0.29) is 18.8 Å². The zero-order valence-electron chi connectivity index (χ0n) is 5.29. The fraction of sp³-hybridized carbons (Fsp3) is 1.00. The van der Waals surface area contributed by atoms with Gasteiger partial charge in [-0.2, -0.15) is 0 Å².